The van der Waals surface area contributed by atoms with Crippen LogP contribution in [-0.2, 0) is 10.2 Å². The lowest BCUT2D eigenvalue weighted by atomic mass is 9.84. The van der Waals surface area contributed by atoms with E-state index in [1.807, 2.05) is 0 Å². The molecular weight excluding hydrogens is 224 g/mol. The highest BCUT2D eigenvalue weighted by Crippen LogP contribution is 2.52. The van der Waals surface area contributed by atoms with E-state index in [2.05, 4.69) is 39.8 Å². The minimum atomic E-state index is -0.681. The molecule has 1 saturated carbocycles. The van der Waals surface area contributed by atoms with Gasteiger partial charge < -0.3 is 5.11 Å². The van der Waals surface area contributed by atoms with E-state index in [0.717, 1.165) is 12.8 Å². The molecule has 2 nitrogen and oxygen atoms in total. The lowest BCUT2D eigenvalue weighted by Crippen LogP contribution is -2.15. The Morgan fingerprint density at radius 3 is 2.39 bits per heavy atom. The fourth-order valence-electron chi connectivity index (χ4n) is 2.75. The number of carboxylic acids is 1. The summed E-state index contributed by atoms with van der Waals surface area (Å²) in [5.74, 6) is -0.191. The summed E-state index contributed by atoms with van der Waals surface area (Å²) in [6.07, 6.45) is 2.30. The quantitative estimate of drug-likeness (QED) is 0.874. The van der Waals surface area contributed by atoms with Gasteiger partial charge in [0, 0.05) is 5.41 Å². The first kappa shape index (κ1) is 13.1. The van der Waals surface area contributed by atoms with Crippen LogP contribution in [0.3, 0.4) is 0 Å². The van der Waals surface area contributed by atoms with Gasteiger partial charge in [0.25, 0.3) is 0 Å². The molecule has 0 spiro atoms. The van der Waals surface area contributed by atoms with E-state index >= 15 is 0 Å². The highest BCUT2D eigenvalue weighted by molar-refractivity contribution is 5.70. The number of carboxylic acid groups (broad SMARTS) is 1. The molecule has 0 aromatic heterocycles. The monoisotopic (exact) mass is 246 g/mol. The van der Waals surface area contributed by atoms with Crippen LogP contribution in [0.4, 0.5) is 0 Å². The number of aliphatic carboxylic acids is 1. The molecule has 1 fully saturated rings. The van der Waals surface area contributed by atoms with Crippen LogP contribution in [0, 0.1) is 13.8 Å². The first-order valence-corrected chi connectivity index (χ1v) is 6.69. The van der Waals surface area contributed by atoms with Crippen LogP contribution in [-0.4, -0.2) is 11.1 Å². The Balaban J connectivity index is 2.47. The van der Waals surface area contributed by atoms with Crippen molar-refractivity contribution in [3.8, 4) is 0 Å². The van der Waals surface area contributed by atoms with Gasteiger partial charge in [0.15, 0.2) is 0 Å². The molecule has 0 atom stereocenters. The minimum Gasteiger partial charge on any atom is -0.481 e. The average molecular weight is 246 g/mol. The molecule has 18 heavy (non-hydrogen) atoms. The van der Waals surface area contributed by atoms with E-state index in [-0.39, 0.29) is 11.8 Å². The maximum atomic E-state index is 11.0. The maximum Gasteiger partial charge on any atom is 0.304 e. The van der Waals surface area contributed by atoms with E-state index in [0.29, 0.717) is 5.92 Å². The van der Waals surface area contributed by atoms with Crippen LogP contribution in [0.1, 0.15) is 61.3 Å². The van der Waals surface area contributed by atoms with Crippen molar-refractivity contribution in [1.82, 2.24) is 0 Å². The Bertz CT molecular complexity index is 482. The Hall–Kier alpha value is -1.31. The largest absolute Gasteiger partial charge is 0.481 e. The normalized spacial score (nSPS) is 16.9. The number of rotatable bonds is 4. The van der Waals surface area contributed by atoms with Gasteiger partial charge in [0.1, 0.15) is 0 Å². The smallest absolute Gasteiger partial charge is 0.304 e. The molecule has 0 amide bonds. The van der Waals surface area contributed by atoms with Crippen molar-refractivity contribution in [1.29, 1.82) is 0 Å². The van der Waals surface area contributed by atoms with Crippen molar-refractivity contribution in [2.24, 2.45) is 0 Å². The Morgan fingerprint density at radius 2 is 1.94 bits per heavy atom. The number of benzene rings is 1. The molecule has 2 rings (SSSR count). The predicted molar refractivity (Wildman–Crippen MR) is 73.2 cm³/mol. The molecule has 98 valence electrons. The van der Waals surface area contributed by atoms with Gasteiger partial charge in [-0.1, -0.05) is 26.0 Å². The van der Waals surface area contributed by atoms with Crippen molar-refractivity contribution < 1.29 is 9.90 Å². The Labute approximate surface area is 109 Å². The van der Waals surface area contributed by atoms with Gasteiger partial charge in [-0.2, -0.15) is 0 Å². The summed E-state index contributed by atoms with van der Waals surface area (Å²) >= 11 is 0. The summed E-state index contributed by atoms with van der Waals surface area (Å²) in [7, 11) is 0. The van der Waals surface area contributed by atoms with Gasteiger partial charge in [-0.3, -0.25) is 4.79 Å². The standard InChI is InChI=1S/C16H22O2/c1-10(2)13-7-11(3)12(4)14(8-13)16(5-6-16)9-15(17)18/h7-8,10H,5-6,9H2,1-4H3,(H,17,18). The molecule has 1 aliphatic carbocycles. The van der Waals surface area contributed by atoms with E-state index in [1.54, 1.807) is 0 Å². The third kappa shape index (κ3) is 2.29. The zero-order valence-electron chi connectivity index (χ0n) is 11.7. The van der Waals surface area contributed by atoms with Crippen LogP contribution in [0.25, 0.3) is 0 Å². The van der Waals surface area contributed by atoms with Gasteiger partial charge in [0.05, 0.1) is 6.42 Å². The second-order valence-corrected chi connectivity index (χ2v) is 6.02. The molecule has 0 unspecified atom stereocenters. The van der Waals surface area contributed by atoms with Crippen LogP contribution in [0.15, 0.2) is 12.1 Å². The second-order valence-electron chi connectivity index (χ2n) is 6.02. The molecule has 1 aromatic rings. The number of carbonyl (C=O) groups is 1. The molecule has 0 bridgehead atoms. The number of aryl methyl sites for hydroxylation is 1. The van der Waals surface area contributed by atoms with Crippen molar-refractivity contribution >= 4 is 5.97 Å². The van der Waals surface area contributed by atoms with Crippen molar-refractivity contribution in [3.63, 3.8) is 0 Å². The van der Waals surface area contributed by atoms with E-state index in [9.17, 15) is 4.79 Å². The average Bonchev–Trinajstić information content (AvgIpc) is 3.01. The fraction of sp³-hybridized carbons (Fsp3) is 0.562. The van der Waals surface area contributed by atoms with Gasteiger partial charge in [-0.05, 0) is 54.9 Å². The van der Waals surface area contributed by atoms with Crippen LogP contribution >= 0.6 is 0 Å². The second kappa shape index (κ2) is 4.42. The van der Waals surface area contributed by atoms with Crippen LogP contribution in [0.5, 0.6) is 0 Å². The zero-order chi connectivity index (χ0) is 13.5. The molecule has 2 heteroatoms. The van der Waals surface area contributed by atoms with Gasteiger partial charge in [-0.15, -0.1) is 0 Å². The third-order valence-corrected chi connectivity index (χ3v) is 4.27. The van der Waals surface area contributed by atoms with Crippen molar-refractivity contribution in [3.05, 3.63) is 34.4 Å². The van der Waals surface area contributed by atoms with Crippen molar-refractivity contribution in [2.75, 3.05) is 0 Å². The summed E-state index contributed by atoms with van der Waals surface area (Å²) in [5, 5.41) is 9.09. The molecule has 0 saturated heterocycles. The van der Waals surface area contributed by atoms with Crippen LogP contribution in [0.2, 0.25) is 0 Å². The maximum absolute atomic E-state index is 11.0. The van der Waals surface area contributed by atoms with Gasteiger partial charge >= 0.3 is 5.97 Å². The van der Waals surface area contributed by atoms with Crippen molar-refractivity contribution in [2.45, 2.75) is 58.3 Å². The highest BCUT2D eigenvalue weighted by atomic mass is 16.4. The van der Waals surface area contributed by atoms with E-state index in [1.165, 1.54) is 22.3 Å². The molecule has 1 aliphatic rings. The summed E-state index contributed by atoms with van der Waals surface area (Å²) in [4.78, 5) is 11.0. The molecule has 0 aliphatic heterocycles. The lowest BCUT2D eigenvalue weighted by molar-refractivity contribution is -0.137. The zero-order valence-corrected chi connectivity index (χ0v) is 11.7. The summed E-state index contributed by atoms with van der Waals surface area (Å²) in [5.41, 5.74) is 5.08. The number of hydrogen-bond acceptors (Lipinski definition) is 1. The van der Waals surface area contributed by atoms with E-state index in [4.69, 9.17) is 5.11 Å². The third-order valence-electron chi connectivity index (χ3n) is 4.27. The Kier molecular flexibility index (Phi) is 3.22. The topological polar surface area (TPSA) is 37.3 Å². The predicted octanol–water partition coefficient (Wildman–Crippen LogP) is 3.93. The molecular formula is C16H22O2. The van der Waals surface area contributed by atoms with E-state index < -0.39 is 5.97 Å². The fourth-order valence-corrected chi connectivity index (χ4v) is 2.75. The summed E-state index contributed by atoms with van der Waals surface area (Å²) in [6, 6.07) is 4.48. The summed E-state index contributed by atoms with van der Waals surface area (Å²) < 4.78 is 0. The minimum absolute atomic E-state index is 0.0778. The molecule has 0 heterocycles. The Morgan fingerprint density at radius 1 is 1.33 bits per heavy atom. The SMILES string of the molecule is Cc1cc(C(C)C)cc(C2(CC(=O)O)CC2)c1C. The molecule has 0 radical (unpaired) electrons. The summed E-state index contributed by atoms with van der Waals surface area (Å²) in [6.45, 7) is 8.62. The first-order chi connectivity index (χ1) is 8.35. The number of hydrogen-bond donors (Lipinski definition) is 1. The van der Waals surface area contributed by atoms with Crippen LogP contribution < -0.4 is 0 Å². The lowest BCUT2D eigenvalue weighted by Gasteiger charge is -2.20. The first-order valence-electron chi connectivity index (χ1n) is 6.69. The highest BCUT2D eigenvalue weighted by Gasteiger charge is 2.47. The van der Waals surface area contributed by atoms with Gasteiger partial charge in [0.2, 0.25) is 0 Å². The molecule has 1 N–H and O–H groups in total. The molecule has 1 aromatic carbocycles. The van der Waals surface area contributed by atoms with Gasteiger partial charge in [-0.25, -0.2) is 0 Å².